The number of hydrogen-bond donors (Lipinski definition) is 0. The van der Waals surface area contributed by atoms with Gasteiger partial charge in [-0.2, -0.15) is 4.68 Å². The van der Waals surface area contributed by atoms with Crippen LogP contribution in [-0.2, 0) is 13.5 Å². The summed E-state index contributed by atoms with van der Waals surface area (Å²) in [4.78, 5) is 11.2. The van der Waals surface area contributed by atoms with Gasteiger partial charge < -0.3 is 13.9 Å². The van der Waals surface area contributed by atoms with E-state index in [4.69, 9.17) is 25.5 Å². The maximum atomic E-state index is 11.2. The molecule has 106 valence electrons. The maximum Gasteiger partial charge on any atom is 0.439 e. The van der Waals surface area contributed by atoms with Gasteiger partial charge in [0, 0.05) is 24.1 Å². The Bertz CT molecular complexity index is 732. The van der Waals surface area contributed by atoms with Crippen LogP contribution in [0.5, 0.6) is 17.6 Å². The van der Waals surface area contributed by atoms with Crippen LogP contribution in [0.1, 0.15) is 19.4 Å². The van der Waals surface area contributed by atoms with E-state index in [2.05, 4.69) is 5.10 Å². The number of aromatic nitrogens is 2. The molecule has 1 aliphatic heterocycles. The molecule has 0 N–H and O–H groups in total. The van der Waals surface area contributed by atoms with Gasteiger partial charge in [-0.25, -0.2) is 4.79 Å². The minimum atomic E-state index is -0.591. The van der Waals surface area contributed by atoms with Gasteiger partial charge in [0.05, 0.1) is 0 Å². The topological polar surface area (TPSA) is 66.5 Å². The summed E-state index contributed by atoms with van der Waals surface area (Å²) in [6.45, 7) is 3.93. The highest BCUT2D eigenvalue weighted by Crippen LogP contribution is 2.46. The van der Waals surface area contributed by atoms with Crippen molar-refractivity contribution in [2.24, 2.45) is 7.05 Å². The lowest BCUT2D eigenvalue weighted by Crippen LogP contribution is -2.24. The molecule has 0 amide bonds. The molecule has 0 bridgehead atoms. The highest BCUT2D eigenvalue weighted by atomic mass is 35.5. The fourth-order valence-electron chi connectivity index (χ4n) is 2.14. The molecule has 3 rings (SSSR count). The van der Waals surface area contributed by atoms with E-state index in [9.17, 15) is 4.79 Å². The van der Waals surface area contributed by atoms with E-state index in [1.807, 2.05) is 13.8 Å². The molecule has 0 unspecified atom stereocenters. The summed E-state index contributed by atoms with van der Waals surface area (Å²) in [6, 6.07) is 3.39. The van der Waals surface area contributed by atoms with Crippen molar-refractivity contribution >= 4 is 11.6 Å². The van der Waals surface area contributed by atoms with Gasteiger partial charge in [0.15, 0.2) is 11.5 Å². The van der Waals surface area contributed by atoms with Gasteiger partial charge >= 0.3 is 11.8 Å². The lowest BCUT2D eigenvalue weighted by Gasteiger charge is -2.17. The Kier molecular flexibility index (Phi) is 2.79. The lowest BCUT2D eigenvalue weighted by molar-refractivity contribution is 0.133. The summed E-state index contributed by atoms with van der Waals surface area (Å²) in [7, 11) is 1.48. The van der Waals surface area contributed by atoms with Crippen molar-refractivity contribution in [2.75, 3.05) is 0 Å². The minimum Gasteiger partial charge on any atom is -0.483 e. The second-order valence-electron chi connectivity index (χ2n) is 5.25. The van der Waals surface area contributed by atoms with Crippen molar-refractivity contribution in [3.8, 4) is 17.6 Å². The number of ether oxygens (including phenoxy) is 2. The molecule has 2 aromatic rings. The zero-order chi connectivity index (χ0) is 14.5. The highest BCUT2D eigenvalue weighted by molar-refractivity contribution is 6.31. The third-order valence-corrected chi connectivity index (χ3v) is 3.37. The van der Waals surface area contributed by atoms with E-state index in [-0.39, 0.29) is 11.7 Å². The standard InChI is InChI=1S/C13H13ClN2O4/c1-13(2)6-7-8(14)4-5-9(10(7)20-13)18-11-15-16(3)12(17)19-11/h4-5H,6H2,1-3H3. The average Bonchev–Trinajstić information content (AvgIpc) is 2.84. The smallest absolute Gasteiger partial charge is 0.439 e. The third-order valence-electron chi connectivity index (χ3n) is 3.02. The number of rotatable bonds is 2. The zero-order valence-electron chi connectivity index (χ0n) is 11.3. The number of nitrogens with zero attached hydrogens (tertiary/aromatic N) is 2. The van der Waals surface area contributed by atoms with Crippen molar-refractivity contribution in [1.82, 2.24) is 9.78 Å². The number of fused-ring (bicyclic) bond motifs is 1. The van der Waals surface area contributed by atoms with Gasteiger partial charge in [-0.15, -0.1) is 0 Å². The Morgan fingerprint density at radius 1 is 1.45 bits per heavy atom. The molecular formula is C13H13ClN2O4. The van der Waals surface area contributed by atoms with E-state index in [0.717, 1.165) is 10.2 Å². The van der Waals surface area contributed by atoms with Crippen LogP contribution in [-0.4, -0.2) is 15.4 Å². The van der Waals surface area contributed by atoms with Crippen molar-refractivity contribution in [3.63, 3.8) is 0 Å². The van der Waals surface area contributed by atoms with Crippen LogP contribution >= 0.6 is 11.6 Å². The van der Waals surface area contributed by atoms with Gasteiger partial charge in [0.1, 0.15) is 5.60 Å². The van der Waals surface area contributed by atoms with Crippen LogP contribution in [0.2, 0.25) is 5.02 Å². The summed E-state index contributed by atoms with van der Waals surface area (Å²) >= 11 is 6.17. The molecule has 0 saturated carbocycles. The zero-order valence-corrected chi connectivity index (χ0v) is 12.0. The fourth-order valence-corrected chi connectivity index (χ4v) is 2.35. The summed E-state index contributed by atoms with van der Waals surface area (Å²) in [5.74, 6) is 0.402. The van der Waals surface area contributed by atoms with Gasteiger partial charge in [-0.05, 0) is 26.0 Å². The molecule has 0 aliphatic carbocycles. The van der Waals surface area contributed by atoms with Crippen molar-refractivity contribution in [2.45, 2.75) is 25.9 Å². The van der Waals surface area contributed by atoms with Crippen LogP contribution in [0.3, 0.4) is 0 Å². The van der Waals surface area contributed by atoms with Crippen LogP contribution in [0.15, 0.2) is 21.3 Å². The largest absolute Gasteiger partial charge is 0.483 e. The van der Waals surface area contributed by atoms with Gasteiger partial charge in [0.2, 0.25) is 0 Å². The van der Waals surface area contributed by atoms with Gasteiger partial charge in [-0.3, -0.25) is 0 Å². The molecule has 0 spiro atoms. The lowest BCUT2D eigenvalue weighted by atomic mass is 10.0. The normalized spacial score (nSPS) is 15.8. The summed E-state index contributed by atoms with van der Waals surface area (Å²) in [6.07, 6.45) is 0.556. The Morgan fingerprint density at radius 3 is 2.85 bits per heavy atom. The Hall–Kier alpha value is -1.95. The third kappa shape index (κ3) is 2.16. The first kappa shape index (κ1) is 13.1. The predicted octanol–water partition coefficient (Wildman–Crippen LogP) is 2.53. The average molecular weight is 297 g/mol. The summed E-state index contributed by atoms with van der Waals surface area (Å²) in [5, 5.41) is 4.44. The van der Waals surface area contributed by atoms with Crippen LogP contribution in [0, 0.1) is 0 Å². The number of hydrogen-bond acceptors (Lipinski definition) is 5. The van der Waals surface area contributed by atoms with E-state index in [0.29, 0.717) is 22.9 Å². The molecule has 6 nitrogen and oxygen atoms in total. The summed E-state index contributed by atoms with van der Waals surface area (Å²) < 4.78 is 17.2. The first-order valence-corrected chi connectivity index (χ1v) is 6.46. The van der Waals surface area contributed by atoms with Gasteiger partial charge in [0.25, 0.3) is 0 Å². The summed E-state index contributed by atoms with van der Waals surface area (Å²) in [5.41, 5.74) is 0.531. The van der Waals surface area contributed by atoms with E-state index < -0.39 is 5.76 Å². The van der Waals surface area contributed by atoms with E-state index in [1.54, 1.807) is 12.1 Å². The van der Waals surface area contributed by atoms with E-state index in [1.165, 1.54) is 7.05 Å². The second-order valence-corrected chi connectivity index (χ2v) is 5.66. The first-order chi connectivity index (χ1) is 9.35. The molecule has 0 radical (unpaired) electrons. The monoisotopic (exact) mass is 296 g/mol. The number of benzene rings is 1. The van der Waals surface area contributed by atoms with Crippen LogP contribution in [0.4, 0.5) is 0 Å². The first-order valence-electron chi connectivity index (χ1n) is 6.08. The number of aryl methyl sites for hydroxylation is 1. The molecule has 0 saturated heterocycles. The van der Waals surface area contributed by atoms with Crippen LogP contribution in [0.25, 0.3) is 0 Å². The Morgan fingerprint density at radius 2 is 2.20 bits per heavy atom. The molecule has 1 aromatic heterocycles. The van der Waals surface area contributed by atoms with Gasteiger partial charge in [-0.1, -0.05) is 16.7 Å². The molecule has 0 fully saturated rings. The number of halogens is 1. The van der Waals surface area contributed by atoms with Crippen LogP contribution < -0.4 is 15.2 Å². The predicted molar refractivity (Wildman–Crippen MR) is 71.7 cm³/mol. The Balaban J connectivity index is 2.00. The molecule has 1 aliphatic rings. The van der Waals surface area contributed by atoms with Crippen molar-refractivity contribution < 1.29 is 13.9 Å². The molecule has 0 atom stereocenters. The molecule has 20 heavy (non-hydrogen) atoms. The SMILES string of the molecule is Cn1nc(Oc2ccc(Cl)c3c2OC(C)(C)C3)oc1=O. The molecule has 7 heteroatoms. The van der Waals surface area contributed by atoms with Crippen molar-refractivity contribution in [1.29, 1.82) is 0 Å². The molecule has 2 heterocycles. The molecular weight excluding hydrogens is 284 g/mol. The van der Waals surface area contributed by atoms with E-state index >= 15 is 0 Å². The maximum absolute atomic E-state index is 11.2. The highest BCUT2D eigenvalue weighted by Gasteiger charge is 2.34. The fraction of sp³-hybridized carbons (Fsp3) is 0.385. The molecule has 1 aromatic carbocycles. The minimum absolute atomic E-state index is 0.129. The van der Waals surface area contributed by atoms with Crippen molar-refractivity contribution in [3.05, 3.63) is 33.3 Å². The Labute approximate surface area is 119 Å². The quantitative estimate of drug-likeness (QED) is 0.852. The second kappa shape index (κ2) is 4.28.